The van der Waals surface area contributed by atoms with Gasteiger partial charge in [0, 0.05) is 6.20 Å². The monoisotopic (exact) mass is 170 g/mol. The van der Waals surface area contributed by atoms with Crippen molar-refractivity contribution in [3.05, 3.63) is 29.0 Å². The Morgan fingerprint density at radius 1 is 1.64 bits per heavy atom. The van der Waals surface area contributed by atoms with Crippen LogP contribution in [-0.4, -0.2) is 15.9 Å². The molecular formula is C7H7ClN2O. The maximum atomic E-state index is 8.37. The molecule has 11 heavy (non-hydrogen) atoms. The average molecular weight is 171 g/mol. The number of rotatable bonds is 1. The molecule has 1 aromatic rings. The summed E-state index contributed by atoms with van der Waals surface area (Å²) in [6.45, 7) is 1.66. The molecule has 1 aromatic heterocycles. The molecule has 0 aliphatic rings. The van der Waals surface area contributed by atoms with Crippen LogP contribution in [0, 0.1) is 0 Å². The van der Waals surface area contributed by atoms with Gasteiger partial charge in [-0.2, -0.15) is 0 Å². The number of nitrogens with zero attached hydrogens (tertiary/aromatic N) is 2. The molecular weight excluding hydrogens is 164 g/mol. The van der Waals surface area contributed by atoms with E-state index in [-0.39, 0.29) is 0 Å². The first-order valence-corrected chi connectivity index (χ1v) is 3.42. The zero-order valence-corrected chi connectivity index (χ0v) is 6.71. The van der Waals surface area contributed by atoms with Gasteiger partial charge in [-0.25, -0.2) is 0 Å². The zero-order valence-electron chi connectivity index (χ0n) is 5.95. The predicted octanol–water partition coefficient (Wildman–Crippen LogP) is 1.93. The van der Waals surface area contributed by atoms with E-state index in [1.54, 1.807) is 19.1 Å². The zero-order chi connectivity index (χ0) is 8.27. The van der Waals surface area contributed by atoms with Crippen molar-refractivity contribution in [2.45, 2.75) is 6.92 Å². The molecule has 0 aromatic carbocycles. The Morgan fingerprint density at radius 3 is 2.82 bits per heavy atom. The van der Waals surface area contributed by atoms with Crippen molar-refractivity contribution in [1.29, 1.82) is 0 Å². The summed E-state index contributed by atoms with van der Waals surface area (Å²) in [7, 11) is 0. The van der Waals surface area contributed by atoms with Crippen LogP contribution in [0.2, 0.25) is 5.02 Å². The minimum Gasteiger partial charge on any atom is -0.411 e. The average Bonchev–Trinajstić information content (AvgIpc) is 2.05. The number of oxime groups is 1. The van der Waals surface area contributed by atoms with Crippen LogP contribution in [0.3, 0.4) is 0 Å². The molecule has 1 N–H and O–H groups in total. The van der Waals surface area contributed by atoms with Crippen LogP contribution in [0.25, 0.3) is 0 Å². The lowest BCUT2D eigenvalue weighted by Crippen LogP contribution is -1.96. The van der Waals surface area contributed by atoms with Gasteiger partial charge in [0.05, 0.1) is 10.7 Å². The van der Waals surface area contributed by atoms with Gasteiger partial charge in [-0.15, -0.1) is 0 Å². The highest BCUT2D eigenvalue weighted by Gasteiger charge is 1.97. The predicted molar refractivity (Wildman–Crippen MR) is 43.2 cm³/mol. The van der Waals surface area contributed by atoms with Crippen molar-refractivity contribution in [2.75, 3.05) is 0 Å². The van der Waals surface area contributed by atoms with Gasteiger partial charge in [-0.3, -0.25) is 4.98 Å². The number of hydrogen-bond acceptors (Lipinski definition) is 3. The van der Waals surface area contributed by atoms with E-state index in [0.29, 0.717) is 16.4 Å². The lowest BCUT2D eigenvalue weighted by molar-refractivity contribution is 0.319. The number of halogens is 1. The molecule has 3 nitrogen and oxygen atoms in total. The molecule has 0 aliphatic heterocycles. The number of pyridine rings is 1. The smallest absolute Gasteiger partial charge is 0.102 e. The highest BCUT2D eigenvalue weighted by Crippen LogP contribution is 2.06. The van der Waals surface area contributed by atoms with Crippen molar-refractivity contribution < 1.29 is 5.21 Å². The van der Waals surface area contributed by atoms with Crippen LogP contribution in [0.1, 0.15) is 12.6 Å². The summed E-state index contributed by atoms with van der Waals surface area (Å²) < 4.78 is 0. The van der Waals surface area contributed by atoms with E-state index in [4.69, 9.17) is 16.8 Å². The molecule has 4 heteroatoms. The minimum atomic E-state index is 0.474. The van der Waals surface area contributed by atoms with E-state index in [1.807, 2.05) is 0 Å². The van der Waals surface area contributed by atoms with Crippen LogP contribution in [0.15, 0.2) is 23.5 Å². The third-order valence-corrected chi connectivity index (χ3v) is 1.47. The van der Waals surface area contributed by atoms with Crippen LogP contribution in [0.4, 0.5) is 0 Å². The topological polar surface area (TPSA) is 45.5 Å². The summed E-state index contributed by atoms with van der Waals surface area (Å²) in [4.78, 5) is 3.93. The summed E-state index contributed by atoms with van der Waals surface area (Å²) in [5, 5.41) is 11.9. The largest absolute Gasteiger partial charge is 0.411 e. The first-order chi connectivity index (χ1) is 5.24. The summed E-state index contributed by atoms with van der Waals surface area (Å²) in [6, 6.07) is 3.38. The third kappa shape index (κ3) is 1.91. The molecule has 1 heterocycles. The van der Waals surface area contributed by atoms with Crippen LogP contribution in [0.5, 0.6) is 0 Å². The summed E-state index contributed by atoms with van der Waals surface area (Å²) >= 11 is 5.59. The van der Waals surface area contributed by atoms with Gasteiger partial charge in [-0.05, 0) is 19.1 Å². The van der Waals surface area contributed by atoms with Gasteiger partial charge < -0.3 is 5.21 Å². The van der Waals surface area contributed by atoms with Crippen molar-refractivity contribution in [3.63, 3.8) is 0 Å². The Kier molecular flexibility index (Phi) is 2.44. The van der Waals surface area contributed by atoms with Crippen LogP contribution >= 0.6 is 11.6 Å². The van der Waals surface area contributed by atoms with Gasteiger partial charge in [0.1, 0.15) is 5.71 Å². The SMILES string of the molecule is CC(=NO)c1ccc(Cl)cn1. The van der Waals surface area contributed by atoms with E-state index in [2.05, 4.69) is 10.1 Å². The molecule has 0 fully saturated rings. The number of aromatic nitrogens is 1. The van der Waals surface area contributed by atoms with Gasteiger partial charge in [0.25, 0.3) is 0 Å². The fourth-order valence-electron chi connectivity index (χ4n) is 0.641. The molecule has 58 valence electrons. The number of hydrogen-bond donors (Lipinski definition) is 1. The van der Waals surface area contributed by atoms with Gasteiger partial charge >= 0.3 is 0 Å². The first kappa shape index (κ1) is 8.01. The summed E-state index contributed by atoms with van der Waals surface area (Å²) in [5.74, 6) is 0. The third-order valence-electron chi connectivity index (χ3n) is 1.25. The molecule has 0 bridgehead atoms. The maximum Gasteiger partial charge on any atom is 0.102 e. The van der Waals surface area contributed by atoms with Gasteiger partial charge in [0.15, 0.2) is 0 Å². The van der Waals surface area contributed by atoms with Crippen LogP contribution < -0.4 is 0 Å². The highest BCUT2D eigenvalue weighted by molar-refractivity contribution is 6.30. The standard InChI is InChI=1S/C7H7ClN2O/c1-5(10-11)7-3-2-6(8)4-9-7/h2-4,11H,1H3. The molecule has 0 saturated heterocycles. The quantitative estimate of drug-likeness (QED) is 0.398. The van der Waals surface area contributed by atoms with Crippen molar-refractivity contribution >= 4 is 17.3 Å². The van der Waals surface area contributed by atoms with E-state index in [1.165, 1.54) is 6.20 Å². The van der Waals surface area contributed by atoms with Crippen LogP contribution in [-0.2, 0) is 0 Å². The fraction of sp³-hybridized carbons (Fsp3) is 0.143. The Hall–Kier alpha value is -1.09. The van der Waals surface area contributed by atoms with E-state index in [0.717, 1.165) is 0 Å². The Morgan fingerprint density at radius 2 is 2.36 bits per heavy atom. The molecule has 0 radical (unpaired) electrons. The first-order valence-electron chi connectivity index (χ1n) is 3.04. The Bertz CT molecular complexity index is 268. The van der Waals surface area contributed by atoms with E-state index < -0.39 is 0 Å². The van der Waals surface area contributed by atoms with Crippen molar-refractivity contribution in [1.82, 2.24) is 4.98 Å². The van der Waals surface area contributed by atoms with E-state index >= 15 is 0 Å². The van der Waals surface area contributed by atoms with E-state index in [9.17, 15) is 0 Å². The molecule has 0 aliphatic carbocycles. The van der Waals surface area contributed by atoms with Gasteiger partial charge in [0.2, 0.25) is 0 Å². The molecule has 1 rings (SSSR count). The second-order valence-electron chi connectivity index (χ2n) is 2.05. The Balaban J connectivity index is 2.99. The lowest BCUT2D eigenvalue weighted by atomic mass is 10.3. The molecule has 0 atom stereocenters. The summed E-state index contributed by atoms with van der Waals surface area (Å²) in [6.07, 6.45) is 1.51. The van der Waals surface area contributed by atoms with Gasteiger partial charge in [-0.1, -0.05) is 16.8 Å². The Labute approximate surface area is 69.3 Å². The molecule has 0 saturated carbocycles. The second kappa shape index (κ2) is 3.34. The summed E-state index contributed by atoms with van der Waals surface area (Å²) in [5.41, 5.74) is 1.10. The molecule has 0 spiro atoms. The normalized spacial score (nSPS) is 11.6. The second-order valence-corrected chi connectivity index (χ2v) is 2.48. The molecule has 0 amide bonds. The van der Waals surface area contributed by atoms with Crippen molar-refractivity contribution in [3.8, 4) is 0 Å². The minimum absolute atomic E-state index is 0.474. The highest BCUT2D eigenvalue weighted by atomic mass is 35.5. The maximum absolute atomic E-state index is 8.37. The fourth-order valence-corrected chi connectivity index (χ4v) is 0.753. The van der Waals surface area contributed by atoms with Crippen molar-refractivity contribution in [2.24, 2.45) is 5.16 Å². The molecule has 0 unspecified atom stereocenters. The lowest BCUT2D eigenvalue weighted by Gasteiger charge is -1.95.